The molecule has 1 heterocycles. The van der Waals surface area contributed by atoms with Gasteiger partial charge in [-0.05, 0) is 12.5 Å². The summed E-state index contributed by atoms with van der Waals surface area (Å²) < 4.78 is 25.7. The molecule has 9 heteroatoms. The number of hydrogen-bond donors (Lipinski definition) is 1. The quantitative estimate of drug-likeness (QED) is 0.654. The van der Waals surface area contributed by atoms with Gasteiger partial charge in [-0.1, -0.05) is 12.1 Å². The predicted molar refractivity (Wildman–Crippen MR) is 71.7 cm³/mol. The molecule has 0 spiro atoms. The normalized spacial score (nSPS) is 19.9. The Morgan fingerprint density at radius 2 is 2.00 bits per heavy atom. The van der Waals surface area contributed by atoms with Crippen molar-refractivity contribution in [1.29, 1.82) is 0 Å². The highest BCUT2D eigenvalue weighted by Crippen LogP contribution is 2.27. The molecule has 2 N–H and O–H groups in total. The highest BCUT2D eigenvalue weighted by molar-refractivity contribution is 7.89. The van der Waals surface area contributed by atoms with Gasteiger partial charge in [-0.2, -0.15) is 4.31 Å². The molecule has 19 heavy (non-hydrogen) atoms. The predicted octanol–water partition coefficient (Wildman–Crippen LogP) is 0.738. The highest BCUT2D eigenvalue weighted by atomic mass is 35.5. The van der Waals surface area contributed by atoms with E-state index in [1.165, 1.54) is 28.6 Å². The number of para-hydroxylation sites is 1. The van der Waals surface area contributed by atoms with Crippen molar-refractivity contribution in [1.82, 2.24) is 4.31 Å². The van der Waals surface area contributed by atoms with Crippen LogP contribution in [0.1, 0.15) is 6.42 Å². The summed E-state index contributed by atoms with van der Waals surface area (Å²) in [6.07, 6.45) is 0.569. The van der Waals surface area contributed by atoms with E-state index < -0.39 is 20.6 Å². The molecular weight excluding hydrogens is 294 g/mol. The number of nitro groups is 1. The lowest BCUT2D eigenvalue weighted by molar-refractivity contribution is -0.387. The Kier molecular flexibility index (Phi) is 4.86. The Balaban J connectivity index is 0.00000180. The number of nitrogens with zero attached hydrogens (tertiary/aromatic N) is 2. The van der Waals surface area contributed by atoms with Crippen molar-refractivity contribution in [3.63, 3.8) is 0 Å². The summed E-state index contributed by atoms with van der Waals surface area (Å²) in [6.45, 7) is 0.504. The smallest absolute Gasteiger partial charge is 0.289 e. The molecule has 0 aliphatic carbocycles. The number of halogens is 1. The van der Waals surface area contributed by atoms with Crippen LogP contribution in [0.15, 0.2) is 29.2 Å². The van der Waals surface area contributed by atoms with Gasteiger partial charge in [-0.25, -0.2) is 8.42 Å². The maximum Gasteiger partial charge on any atom is 0.289 e. The van der Waals surface area contributed by atoms with Gasteiger partial charge in [0.2, 0.25) is 10.0 Å². The topological polar surface area (TPSA) is 107 Å². The van der Waals surface area contributed by atoms with Crippen LogP contribution in [-0.4, -0.2) is 36.8 Å². The van der Waals surface area contributed by atoms with Crippen LogP contribution < -0.4 is 5.73 Å². The van der Waals surface area contributed by atoms with Gasteiger partial charge in [0.1, 0.15) is 0 Å². The number of benzene rings is 1. The largest absolute Gasteiger partial charge is 0.326 e. The van der Waals surface area contributed by atoms with E-state index in [4.69, 9.17) is 5.73 Å². The molecule has 1 aromatic carbocycles. The number of sulfonamides is 1. The Morgan fingerprint density at radius 3 is 2.53 bits per heavy atom. The third-order valence-electron chi connectivity index (χ3n) is 2.87. The summed E-state index contributed by atoms with van der Waals surface area (Å²) in [5.41, 5.74) is 5.25. The van der Waals surface area contributed by atoms with Gasteiger partial charge in [0.25, 0.3) is 5.69 Å². The van der Waals surface area contributed by atoms with Crippen molar-refractivity contribution in [2.24, 2.45) is 5.73 Å². The van der Waals surface area contributed by atoms with Gasteiger partial charge in [0.05, 0.1) is 4.92 Å². The van der Waals surface area contributed by atoms with Crippen molar-refractivity contribution in [3.05, 3.63) is 34.4 Å². The van der Waals surface area contributed by atoms with Crippen LogP contribution in [0, 0.1) is 10.1 Å². The molecule has 2 rings (SSSR count). The lowest BCUT2D eigenvalue weighted by atomic mass is 10.3. The van der Waals surface area contributed by atoms with E-state index in [1.54, 1.807) is 0 Å². The Hall–Kier alpha value is -1.22. The molecule has 7 nitrogen and oxygen atoms in total. The van der Waals surface area contributed by atoms with Crippen molar-refractivity contribution in [3.8, 4) is 0 Å². The zero-order valence-electron chi connectivity index (χ0n) is 9.93. The minimum Gasteiger partial charge on any atom is -0.326 e. The van der Waals surface area contributed by atoms with E-state index >= 15 is 0 Å². The fraction of sp³-hybridized carbons (Fsp3) is 0.400. The van der Waals surface area contributed by atoms with Crippen LogP contribution in [0.4, 0.5) is 5.69 Å². The fourth-order valence-corrected chi connectivity index (χ4v) is 3.61. The molecule has 1 aliphatic heterocycles. The van der Waals surface area contributed by atoms with Crippen molar-refractivity contribution in [2.45, 2.75) is 17.4 Å². The lowest BCUT2D eigenvalue weighted by Crippen LogP contribution is -2.32. The molecule has 0 bridgehead atoms. The van der Waals surface area contributed by atoms with Gasteiger partial charge in [0.15, 0.2) is 4.90 Å². The molecule has 1 aromatic rings. The first-order valence-corrected chi connectivity index (χ1v) is 6.86. The first-order valence-electron chi connectivity index (χ1n) is 5.42. The van der Waals surface area contributed by atoms with Crippen LogP contribution in [0.5, 0.6) is 0 Å². The summed E-state index contributed by atoms with van der Waals surface area (Å²) in [4.78, 5) is 9.88. The number of nitro benzene ring substituents is 1. The third kappa shape index (κ3) is 3.03. The molecule has 0 aromatic heterocycles. The maximum absolute atomic E-state index is 12.3. The summed E-state index contributed by atoms with van der Waals surface area (Å²) >= 11 is 0. The van der Waals surface area contributed by atoms with E-state index in [0.29, 0.717) is 13.0 Å². The van der Waals surface area contributed by atoms with Gasteiger partial charge in [-0.3, -0.25) is 10.1 Å². The molecule has 0 unspecified atom stereocenters. The third-order valence-corrected chi connectivity index (χ3v) is 4.78. The zero-order valence-corrected chi connectivity index (χ0v) is 11.6. The van der Waals surface area contributed by atoms with Gasteiger partial charge < -0.3 is 5.73 Å². The van der Waals surface area contributed by atoms with E-state index in [2.05, 4.69) is 0 Å². The summed E-state index contributed by atoms with van der Waals surface area (Å²) in [5.74, 6) is 0. The van der Waals surface area contributed by atoms with Crippen LogP contribution in [0.2, 0.25) is 0 Å². The highest BCUT2D eigenvalue weighted by Gasteiger charge is 2.35. The molecule has 1 saturated heterocycles. The van der Waals surface area contributed by atoms with E-state index in [9.17, 15) is 18.5 Å². The summed E-state index contributed by atoms with van der Waals surface area (Å²) in [5, 5.41) is 10.8. The zero-order chi connectivity index (χ0) is 13.3. The first-order chi connectivity index (χ1) is 8.43. The van der Waals surface area contributed by atoms with E-state index in [-0.39, 0.29) is 29.9 Å². The second-order valence-corrected chi connectivity index (χ2v) is 6.04. The van der Waals surface area contributed by atoms with E-state index in [0.717, 1.165) is 0 Å². The van der Waals surface area contributed by atoms with Crippen molar-refractivity contribution in [2.75, 3.05) is 13.1 Å². The maximum atomic E-state index is 12.3. The van der Waals surface area contributed by atoms with E-state index in [1.807, 2.05) is 0 Å². The number of hydrogen-bond acceptors (Lipinski definition) is 5. The standard InChI is InChI=1S/C10H13N3O4S.ClH/c11-8-5-6-12(7-8)18(16,17)10-4-2-1-3-9(10)13(14)15;/h1-4,8H,5-7,11H2;1H/t8-;/m0./s1. The molecule has 1 atom stereocenters. The monoisotopic (exact) mass is 307 g/mol. The van der Waals surface area contributed by atoms with Gasteiger partial charge in [-0.15, -0.1) is 12.4 Å². The van der Waals surface area contributed by atoms with Crippen LogP contribution in [-0.2, 0) is 10.0 Å². The second kappa shape index (κ2) is 5.83. The number of rotatable bonds is 3. The first kappa shape index (κ1) is 15.8. The average Bonchev–Trinajstić information content (AvgIpc) is 2.76. The minimum absolute atomic E-state index is 0. The number of nitrogens with two attached hydrogens (primary N) is 1. The minimum atomic E-state index is -3.84. The lowest BCUT2D eigenvalue weighted by Gasteiger charge is -2.15. The summed E-state index contributed by atoms with van der Waals surface area (Å²) in [7, 11) is -3.84. The van der Waals surface area contributed by atoms with Gasteiger partial charge >= 0.3 is 0 Å². The Morgan fingerprint density at radius 1 is 1.37 bits per heavy atom. The second-order valence-electron chi connectivity index (χ2n) is 4.14. The molecule has 1 aliphatic rings. The SMILES string of the molecule is Cl.N[C@H]1CCN(S(=O)(=O)c2ccccc2[N+](=O)[O-])C1. The van der Waals surface area contributed by atoms with Gasteiger partial charge in [0, 0.05) is 25.2 Å². The molecule has 1 fully saturated rings. The Bertz CT molecular complexity index is 578. The Labute approximate surface area is 117 Å². The molecule has 106 valence electrons. The molecule has 0 radical (unpaired) electrons. The van der Waals surface area contributed by atoms with Crippen LogP contribution in [0.25, 0.3) is 0 Å². The molecule has 0 amide bonds. The van der Waals surface area contributed by atoms with Crippen LogP contribution in [0.3, 0.4) is 0 Å². The van der Waals surface area contributed by atoms with Crippen molar-refractivity contribution >= 4 is 28.1 Å². The summed E-state index contributed by atoms with van der Waals surface area (Å²) in [6, 6.07) is 5.13. The van der Waals surface area contributed by atoms with Crippen LogP contribution >= 0.6 is 12.4 Å². The average molecular weight is 308 g/mol. The molecular formula is C10H14ClN3O4S. The molecule has 0 saturated carbocycles. The fourth-order valence-electron chi connectivity index (χ4n) is 1.94. The van der Waals surface area contributed by atoms with Crippen molar-refractivity contribution < 1.29 is 13.3 Å².